The largest absolute Gasteiger partial charge is 0.494 e. The summed E-state index contributed by atoms with van der Waals surface area (Å²) in [7, 11) is -3.98. The van der Waals surface area contributed by atoms with Crippen molar-refractivity contribution in [3.8, 4) is 5.75 Å². The second kappa shape index (κ2) is 6.55. The lowest BCUT2D eigenvalue weighted by Crippen LogP contribution is -1.91. The van der Waals surface area contributed by atoms with E-state index in [1.165, 1.54) is 11.3 Å². The van der Waals surface area contributed by atoms with E-state index in [9.17, 15) is 4.57 Å². The van der Waals surface area contributed by atoms with E-state index in [-0.39, 0.29) is 6.16 Å². The van der Waals surface area contributed by atoms with Gasteiger partial charge in [-0.15, -0.1) is 11.3 Å². The molecule has 0 aliphatic rings. The van der Waals surface area contributed by atoms with Gasteiger partial charge >= 0.3 is 7.60 Å². The smallest absolute Gasteiger partial charge is 0.330 e. The quantitative estimate of drug-likeness (QED) is 0.802. The van der Waals surface area contributed by atoms with Gasteiger partial charge in [0.05, 0.1) is 12.8 Å². The molecule has 1 aromatic carbocycles. The maximum Gasteiger partial charge on any atom is 0.330 e. The second-order valence-corrected chi connectivity index (χ2v) is 7.34. The third kappa shape index (κ3) is 4.76. The van der Waals surface area contributed by atoms with Gasteiger partial charge in [-0.2, -0.15) is 0 Å². The minimum atomic E-state index is -3.98. The Morgan fingerprint density at radius 3 is 2.35 bits per heavy atom. The second-order valence-electron chi connectivity index (χ2n) is 4.44. The number of ether oxygens (including phenoxy) is 1. The van der Waals surface area contributed by atoms with Gasteiger partial charge in [0.2, 0.25) is 0 Å². The summed E-state index contributed by atoms with van der Waals surface area (Å²) in [4.78, 5) is 19.7. The van der Waals surface area contributed by atoms with Crippen molar-refractivity contribution in [1.82, 2.24) is 0 Å². The zero-order valence-electron chi connectivity index (χ0n) is 11.2. The molecule has 4 nitrogen and oxygen atoms in total. The molecule has 0 spiro atoms. The summed E-state index contributed by atoms with van der Waals surface area (Å²) in [5.74, 6) is 0.851. The molecule has 0 saturated carbocycles. The summed E-state index contributed by atoms with van der Waals surface area (Å²) in [5.41, 5.74) is 1.15. The van der Waals surface area contributed by atoms with Crippen molar-refractivity contribution in [2.75, 3.05) is 6.61 Å². The molecule has 2 N–H and O–H groups in total. The predicted octanol–water partition coefficient (Wildman–Crippen LogP) is 3.42. The molecule has 0 aliphatic carbocycles. The monoisotopic (exact) mass is 312 g/mol. The molecule has 0 fully saturated rings. The molecular weight excluding hydrogens is 295 g/mol. The van der Waals surface area contributed by atoms with Crippen LogP contribution in [0.1, 0.15) is 22.2 Å². The number of hydrogen-bond donors (Lipinski definition) is 2. The van der Waals surface area contributed by atoms with Crippen molar-refractivity contribution in [2.45, 2.75) is 19.5 Å². The van der Waals surface area contributed by atoms with Crippen LogP contribution in [0.5, 0.6) is 5.75 Å². The van der Waals surface area contributed by atoms with Crippen molar-refractivity contribution >= 4 is 18.9 Å². The van der Waals surface area contributed by atoms with Crippen molar-refractivity contribution in [3.05, 3.63) is 51.7 Å². The van der Waals surface area contributed by atoms with E-state index < -0.39 is 7.60 Å². The van der Waals surface area contributed by atoms with Crippen LogP contribution >= 0.6 is 18.9 Å². The molecule has 20 heavy (non-hydrogen) atoms. The zero-order valence-corrected chi connectivity index (χ0v) is 12.9. The highest BCUT2D eigenvalue weighted by Gasteiger charge is 2.15. The molecule has 0 bridgehead atoms. The van der Waals surface area contributed by atoms with E-state index in [4.69, 9.17) is 14.5 Å². The Labute approximate surface area is 122 Å². The molecule has 6 heteroatoms. The Kier molecular flexibility index (Phi) is 5.00. The fraction of sp³-hybridized carbons (Fsp3) is 0.286. The Balaban J connectivity index is 2.01. The lowest BCUT2D eigenvalue weighted by molar-refractivity contribution is 0.340. The number of rotatable bonds is 6. The molecule has 0 aliphatic heterocycles. The van der Waals surface area contributed by atoms with E-state index in [0.29, 0.717) is 6.61 Å². The summed E-state index contributed by atoms with van der Waals surface area (Å²) < 4.78 is 16.3. The van der Waals surface area contributed by atoms with E-state index in [1.807, 2.05) is 37.3 Å². The third-order valence-corrected chi connectivity index (χ3v) is 4.74. The highest BCUT2D eigenvalue weighted by molar-refractivity contribution is 7.51. The molecule has 0 amide bonds. The van der Waals surface area contributed by atoms with Crippen LogP contribution in [0.2, 0.25) is 0 Å². The van der Waals surface area contributed by atoms with Crippen LogP contribution in [-0.2, 0) is 17.1 Å². The van der Waals surface area contributed by atoms with Crippen LogP contribution in [0.3, 0.4) is 0 Å². The average molecular weight is 312 g/mol. The molecule has 0 atom stereocenters. The fourth-order valence-electron chi connectivity index (χ4n) is 1.88. The summed E-state index contributed by atoms with van der Waals surface area (Å²) >= 11 is 1.45. The Hall–Kier alpha value is -1.13. The van der Waals surface area contributed by atoms with E-state index >= 15 is 0 Å². The van der Waals surface area contributed by atoms with Gasteiger partial charge in [-0.05, 0) is 36.8 Å². The molecule has 2 rings (SSSR count). The summed E-state index contributed by atoms with van der Waals surface area (Å²) in [6.45, 7) is 2.60. The minimum absolute atomic E-state index is 0.180. The van der Waals surface area contributed by atoms with E-state index in [0.717, 1.165) is 27.5 Å². The molecular formula is C14H17O4PS. The average Bonchev–Trinajstić information content (AvgIpc) is 2.77. The normalized spacial score (nSPS) is 11.6. The minimum Gasteiger partial charge on any atom is -0.494 e. The van der Waals surface area contributed by atoms with Crippen molar-refractivity contribution in [3.63, 3.8) is 0 Å². The first kappa shape index (κ1) is 15.3. The standard InChI is InChI=1S/C14H17O4PS/c1-2-18-12-5-3-11(4-6-12)9-13-7-8-14(20-13)10-19(15,16)17/h3-8H,2,9-10H2,1H3,(H2,15,16,17). The van der Waals surface area contributed by atoms with Gasteiger partial charge < -0.3 is 14.5 Å². The summed E-state index contributed by atoms with van der Waals surface area (Å²) in [5, 5.41) is 0. The topological polar surface area (TPSA) is 66.8 Å². The van der Waals surface area contributed by atoms with Crippen LogP contribution in [0, 0.1) is 0 Å². The van der Waals surface area contributed by atoms with Gasteiger partial charge in [0.15, 0.2) is 0 Å². The first-order chi connectivity index (χ1) is 9.46. The maximum absolute atomic E-state index is 11.0. The predicted molar refractivity (Wildman–Crippen MR) is 80.5 cm³/mol. The summed E-state index contributed by atoms with van der Waals surface area (Å²) in [6, 6.07) is 11.6. The third-order valence-electron chi connectivity index (χ3n) is 2.69. The lowest BCUT2D eigenvalue weighted by Gasteiger charge is -2.04. The lowest BCUT2D eigenvalue weighted by atomic mass is 10.1. The molecule has 0 unspecified atom stereocenters. The molecule has 0 saturated heterocycles. The van der Waals surface area contributed by atoms with E-state index in [2.05, 4.69) is 0 Å². The highest BCUT2D eigenvalue weighted by Crippen LogP contribution is 2.41. The Bertz CT molecular complexity index is 600. The Morgan fingerprint density at radius 1 is 1.10 bits per heavy atom. The van der Waals surface area contributed by atoms with Gasteiger partial charge in [0.25, 0.3) is 0 Å². The molecule has 0 radical (unpaired) electrons. The van der Waals surface area contributed by atoms with E-state index in [1.54, 1.807) is 6.07 Å². The van der Waals surface area contributed by atoms with Crippen molar-refractivity contribution in [1.29, 1.82) is 0 Å². The van der Waals surface area contributed by atoms with Crippen molar-refractivity contribution < 1.29 is 19.1 Å². The van der Waals surface area contributed by atoms with Crippen molar-refractivity contribution in [2.24, 2.45) is 0 Å². The van der Waals surface area contributed by atoms with Gasteiger partial charge in [0.1, 0.15) is 5.75 Å². The molecule has 108 valence electrons. The molecule has 1 aromatic heterocycles. The highest BCUT2D eigenvalue weighted by atomic mass is 32.1. The van der Waals surface area contributed by atoms with Crippen LogP contribution in [0.15, 0.2) is 36.4 Å². The zero-order chi connectivity index (χ0) is 14.6. The number of benzene rings is 1. The number of thiophene rings is 1. The Morgan fingerprint density at radius 2 is 1.75 bits per heavy atom. The van der Waals surface area contributed by atoms with Crippen LogP contribution in [0.4, 0.5) is 0 Å². The maximum atomic E-state index is 11.0. The van der Waals surface area contributed by atoms with Crippen LogP contribution in [0.25, 0.3) is 0 Å². The van der Waals surface area contributed by atoms with Crippen LogP contribution in [-0.4, -0.2) is 16.4 Å². The van der Waals surface area contributed by atoms with Crippen LogP contribution < -0.4 is 4.74 Å². The van der Waals surface area contributed by atoms with Gasteiger partial charge in [-0.25, -0.2) is 0 Å². The first-order valence-corrected chi connectivity index (χ1v) is 8.91. The number of hydrogen-bond acceptors (Lipinski definition) is 3. The SMILES string of the molecule is CCOc1ccc(Cc2ccc(CP(=O)(O)O)s2)cc1. The van der Waals surface area contributed by atoms with Gasteiger partial charge in [-0.3, -0.25) is 4.57 Å². The molecule has 1 heterocycles. The fourth-order valence-corrected chi connectivity index (χ4v) is 4.00. The molecule has 2 aromatic rings. The first-order valence-electron chi connectivity index (χ1n) is 6.30. The van der Waals surface area contributed by atoms with Gasteiger partial charge in [-0.1, -0.05) is 12.1 Å². The summed E-state index contributed by atoms with van der Waals surface area (Å²) in [6.07, 6.45) is 0.583. The van der Waals surface area contributed by atoms with Gasteiger partial charge in [0, 0.05) is 16.2 Å².